The molecular weight excluding hydrogens is 466 g/mol. The summed E-state index contributed by atoms with van der Waals surface area (Å²) in [6.45, 7) is 7.61. The van der Waals surface area contributed by atoms with E-state index in [1.54, 1.807) is 4.90 Å². The predicted molar refractivity (Wildman–Crippen MR) is 124 cm³/mol. The molecule has 2 heterocycles. The fourth-order valence-electron chi connectivity index (χ4n) is 3.40. The fourth-order valence-corrected chi connectivity index (χ4v) is 4.95. The Balaban J connectivity index is 1.61. The lowest BCUT2D eigenvalue weighted by Gasteiger charge is -2.30. The monoisotopic (exact) mass is 489 g/mol. The van der Waals surface area contributed by atoms with Gasteiger partial charge in [-0.05, 0) is 43.4 Å². The predicted octanol–water partition coefficient (Wildman–Crippen LogP) is 4.57. The second-order valence-corrected chi connectivity index (χ2v) is 8.91. The molecule has 3 aromatic rings. The summed E-state index contributed by atoms with van der Waals surface area (Å²) in [6, 6.07) is 13.4. The first-order valence-corrected chi connectivity index (χ1v) is 11.7. The van der Waals surface area contributed by atoms with Gasteiger partial charge in [0.05, 0.1) is 10.2 Å². The molecule has 0 saturated heterocycles. The Morgan fingerprint density at radius 3 is 2.70 bits per heavy atom. The van der Waals surface area contributed by atoms with Gasteiger partial charge in [-0.3, -0.25) is 9.69 Å². The number of fused-ring (bicyclic) bond motifs is 2. The standard InChI is InChI=1S/C22H24BrN3O3S/c1-3-25(4-2)11-12-26(22-24-16-10-9-15(23)13-20(16)30-22)21(27)19-14-28-17-7-5-6-8-18(17)29-19/h5-10,13,19H,3-4,11-12,14H2,1-2H3. The van der Waals surface area contributed by atoms with Crippen molar-refractivity contribution in [1.82, 2.24) is 9.88 Å². The normalized spacial score (nSPS) is 15.5. The largest absolute Gasteiger partial charge is 0.485 e. The molecule has 4 rings (SSSR count). The maximum atomic E-state index is 13.5. The first-order chi connectivity index (χ1) is 14.6. The average Bonchev–Trinajstić information content (AvgIpc) is 3.18. The highest BCUT2D eigenvalue weighted by Gasteiger charge is 2.33. The summed E-state index contributed by atoms with van der Waals surface area (Å²) < 4.78 is 13.8. The van der Waals surface area contributed by atoms with Gasteiger partial charge in [0.25, 0.3) is 5.91 Å². The van der Waals surface area contributed by atoms with Crippen LogP contribution < -0.4 is 14.4 Å². The maximum Gasteiger partial charge on any atom is 0.273 e. The molecule has 0 fully saturated rings. The molecule has 0 radical (unpaired) electrons. The molecular formula is C22H24BrN3O3S. The smallest absolute Gasteiger partial charge is 0.273 e. The fraction of sp³-hybridized carbons (Fsp3) is 0.364. The van der Waals surface area contributed by atoms with Gasteiger partial charge in [0.2, 0.25) is 6.10 Å². The van der Waals surface area contributed by atoms with E-state index in [4.69, 9.17) is 14.5 Å². The van der Waals surface area contributed by atoms with Crippen LogP contribution in [0.2, 0.25) is 0 Å². The zero-order valence-electron chi connectivity index (χ0n) is 17.0. The number of carbonyl (C=O) groups is 1. The molecule has 2 aromatic carbocycles. The van der Waals surface area contributed by atoms with Gasteiger partial charge in [-0.15, -0.1) is 0 Å². The Bertz CT molecular complexity index is 1040. The lowest BCUT2D eigenvalue weighted by molar-refractivity contribution is -0.127. The summed E-state index contributed by atoms with van der Waals surface area (Å²) in [5.41, 5.74) is 0.880. The molecule has 0 saturated carbocycles. The number of likely N-dealkylation sites (N-methyl/N-ethyl adjacent to an activating group) is 1. The number of anilines is 1. The van der Waals surface area contributed by atoms with E-state index in [1.165, 1.54) is 11.3 Å². The van der Waals surface area contributed by atoms with Crippen molar-refractivity contribution >= 4 is 48.5 Å². The summed E-state index contributed by atoms with van der Waals surface area (Å²) in [4.78, 5) is 22.3. The zero-order chi connectivity index (χ0) is 21.1. The lowest BCUT2D eigenvalue weighted by atomic mass is 10.2. The van der Waals surface area contributed by atoms with Gasteiger partial charge in [0.1, 0.15) is 6.61 Å². The van der Waals surface area contributed by atoms with Crippen LogP contribution in [0.15, 0.2) is 46.9 Å². The van der Waals surface area contributed by atoms with Gasteiger partial charge in [0.15, 0.2) is 16.6 Å². The van der Waals surface area contributed by atoms with Crippen molar-refractivity contribution in [3.8, 4) is 11.5 Å². The molecule has 1 atom stereocenters. The number of carbonyl (C=O) groups excluding carboxylic acids is 1. The van der Waals surface area contributed by atoms with Crippen molar-refractivity contribution in [2.75, 3.05) is 37.7 Å². The SMILES string of the molecule is CCN(CC)CCN(C(=O)C1COc2ccccc2O1)c1nc2ccc(Br)cc2s1. The molecule has 6 nitrogen and oxygen atoms in total. The minimum absolute atomic E-state index is 0.130. The van der Waals surface area contributed by atoms with E-state index in [0.29, 0.717) is 23.2 Å². The average molecular weight is 490 g/mol. The second-order valence-electron chi connectivity index (χ2n) is 6.99. The highest BCUT2D eigenvalue weighted by molar-refractivity contribution is 9.10. The van der Waals surface area contributed by atoms with Crippen molar-refractivity contribution in [1.29, 1.82) is 0 Å². The lowest BCUT2D eigenvalue weighted by Crippen LogP contribution is -2.48. The number of para-hydroxylation sites is 2. The summed E-state index contributed by atoms with van der Waals surface area (Å²) in [7, 11) is 0. The van der Waals surface area contributed by atoms with Crippen molar-refractivity contribution in [2.24, 2.45) is 0 Å². The Labute approximate surface area is 188 Å². The number of halogens is 1. The molecule has 1 amide bonds. The highest BCUT2D eigenvalue weighted by atomic mass is 79.9. The third-order valence-electron chi connectivity index (χ3n) is 5.15. The minimum Gasteiger partial charge on any atom is -0.485 e. The zero-order valence-corrected chi connectivity index (χ0v) is 19.4. The van der Waals surface area contributed by atoms with E-state index in [-0.39, 0.29) is 12.5 Å². The summed E-state index contributed by atoms with van der Waals surface area (Å²) in [5.74, 6) is 1.13. The number of rotatable bonds is 7. The van der Waals surface area contributed by atoms with Crippen LogP contribution >= 0.6 is 27.3 Å². The molecule has 30 heavy (non-hydrogen) atoms. The van der Waals surface area contributed by atoms with Gasteiger partial charge in [-0.25, -0.2) is 4.98 Å². The third kappa shape index (κ3) is 4.45. The Morgan fingerprint density at radius 1 is 1.17 bits per heavy atom. The molecule has 158 valence electrons. The Kier molecular flexibility index (Phi) is 6.55. The van der Waals surface area contributed by atoms with Gasteiger partial charge < -0.3 is 14.4 Å². The van der Waals surface area contributed by atoms with Crippen LogP contribution in [0.3, 0.4) is 0 Å². The number of benzene rings is 2. The van der Waals surface area contributed by atoms with Crippen LogP contribution in [-0.2, 0) is 4.79 Å². The molecule has 1 unspecified atom stereocenters. The summed E-state index contributed by atoms with van der Waals surface area (Å²) >= 11 is 5.02. The molecule has 1 aliphatic rings. The highest BCUT2D eigenvalue weighted by Crippen LogP contribution is 2.34. The van der Waals surface area contributed by atoms with Gasteiger partial charge >= 0.3 is 0 Å². The minimum atomic E-state index is -0.699. The molecule has 1 aliphatic heterocycles. The van der Waals surface area contributed by atoms with Crippen molar-refractivity contribution in [2.45, 2.75) is 20.0 Å². The van der Waals surface area contributed by atoms with Crippen LogP contribution in [0.1, 0.15) is 13.8 Å². The van der Waals surface area contributed by atoms with Crippen LogP contribution in [0.5, 0.6) is 11.5 Å². The number of hydrogen-bond acceptors (Lipinski definition) is 6. The van der Waals surface area contributed by atoms with Crippen LogP contribution in [-0.4, -0.2) is 54.7 Å². The van der Waals surface area contributed by atoms with E-state index in [0.717, 1.165) is 34.3 Å². The Morgan fingerprint density at radius 2 is 1.93 bits per heavy atom. The quantitative estimate of drug-likeness (QED) is 0.486. The van der Waals surface area contributed by atoms with E-state index in [1.807, 2.05) is 42.5 Å². The second kappa shape index (κ2) is 9.32. The first kappa shape index (κ1) is 21.1. The molecule has 0 aliphatic carbocycles. The summed E-state index contributed by atoms with van der Waals surface area (Å²) in [6.07, 6.45) is -0.699. The van der Waals surface area contributed by atoms with Crippen LogP contribution in [0, 0.1) is 0 Å². The molecule has 8 heteroatoms. The van der Waals surface area contributed by atoms with Crippen LogP contribution in [0.4, 0.5) is 5.13 Å². The van der Waals surface area contributed by atoms with E-state index >= 15 is 0 Å². The van der Waals surface area contributed by atoms with Crippen molar-refractivity contribution < 1.29 is 14.3 Å². The topological polar surface area (TPSA) is 54.9 Å². The molecule has 0 bridgehead atoms. The summed E-state index contributed by atoms with van der Waals surface area (Å²) in [5, 5.41) is 0.683. The van der Waals surface area contributed by atoms with Crippen molar-refractivity contribution in [3.05, 3.63) is 46.9 Å². The Hall–Kier alpha value is -2.16. The molecule has 0 spiro atoms. The van der Waals surface area contributed by atoms with Crippen LogP contribution in [0.25, 0.3) is 10.2 Å². The van der Waals surface area contributed by atoms with E-state index in [2.05, 4.69) is 34.7 Å². The van der Waals surface area contributed by atoms with Crippen molar-refractivity contribution in [3.63, 3.8) is 0 Å². The van der Waals surface area contributed by atoms with Gasteiger partial charge in [-0.2, -0.15) is 0 Å². The number of thiazole rings is 1. The molecule has 0 N–H and O–H groups in total. The van der Waals surface area contributed by atoms with Gasteiger partial charge in [-0.1, -0.05) is 53.2 Å². The number of amides is 1. The number of aromatic nitrogens is 1. The number of ether oxygens (including phenoxy) is 2. The maximum absolute atomic E-state index is 13.5. The van der Waals surface area contributed by atoms with Gasteiger partial charge in [0, 0.05) is 17.6 Å². The van der Waals surface area contributed by atoms with E-state index < -0.39 is 6.10 Å². The third-order valence-corrected chi connectivity index (χ3v) is 6.69. The first-order valence-electron chi connectivity index (χ1n) is 10.1. The van der Waals surface area contributed by atoms with E-state index in [9.17, 15) is 4.79 Å². The number of nitrogens with zero attached hydrogens (tertiary/aromatic N) is 3. The number of hydrogen-bond donors (Lipinski definition) is 0. The molecule has 1 aromatic heterocycles.